The number of hydrogen-bond acceptors (Lipinski definition) is 3. The molecule has 0 aromatic heterocycles. The molecule has 1 fully saturated rings. The molecule has 0 saturated carbocycles. The molecular formula is C23H29N3O3. The predicted molar refractivity (Wildman–Crippen MR) is 115 cm³/mol. The zero-order valence-electron chi connectivity index (χ0n) is 17.5. The monoisotopic (exact) mass is 395 g/mol. The number of hydrogen-bond donors (Lipinski definition) is 2. The molecular weight excluding hydrogens is 366 g/mol. The Morgan fingerprint density at radius 3 is 2.28 bits per heavy atom. The largest absolute Gasteiger partial charge is 0.497 e. The lowest BCUT2D eigenvalue weighted by atomic mass is 9.98. The van der Waals surface area contributed by atoms with Crippen LogP contribution in [0.2, 0.25) is 0 Å². The lowest BCUT2D eigenvalue weighted by Crippen LogP contribution is -2.40. The number of ether oxygens (including phenoxy) is 1. The number of methoxy groups -OCH3 is 1. The molecule has 2 N–H and O–H groups in total. The number of amides is 3. The second-order valence-corrected chi connectivity index (χ2v) is 8.42. The quantitative estimate of drug-likeness (QED) is 0.813. The van der Waals surface area contributed by atoms with Crippen molar-refractivity contribution in [2.24, 2.45) is 0 Å². The third-order valence-electron chi connectivity index (χ3n) is 4.95. The first kappa shape index (κ1) is 20.7. The number of carbonyl (C=O) groups excluding carboxylic acids is 2. The molecule has 1 aliphatic rings. The summed E-state index contributed by atoms with van der Waals surface area (Å²) in [5, 5.41) is 5.85. The van der Waals surface area contributed by atoms with Crippen molar-refractivity contribution in [3.8, 4) is 5.75 Å². The van der Waals surface area contributed by atoms with Crippen molar-refractivity contribution in [2.45, 2.75) is 38.6 Å². The van der Waals surface area contributed by atoms with E-state index in [1.54, 1.807) is 31.4 Å². The van der Waals surface area contributed by atoms with Crippen LogP contribution in [0.3, 0.4) is 0 Å². The highest BCUT2D eigenvalue weighted by Gasteiger charge is 2.27. The minimum absolute atomic E-state index is 0.118. The third kappa shape index (κ3) is 5.50. The molecule has 154 valence electrons. The smallest absolute Gasteiger partial charge is 0.321 e. The van der Waals surface area contributed by atoms with Crippen molar-refractivity contribution in [1.29, 1.82) is 0 Å². The number of urea groups is 1. The second kappa shape index (κ2) is 8.55. The molecule has 1 aliphatic heterocycles. The second-order valence-electron chi connectivity index (χ2n) is 8.42. The molecule has 3 rings (SSSR count). The maximum absolute atomic E-state index is 12.6. The van der Waals surface area contributed by atoms with Gasteiger partial charge in [-0.3, -0.25) is 4.79 Å². The standard InChI is InChI=1S/C23H29N3O3/c1-23(2,3)25-21(27)17-5-9-19(10-6-17)24-22(28)26-14-13-18(15-26)16-7-11-20(29-4)12-8-16/h5-12,18H,13-15H2,1-4H3,(H,24,28)(H,25,27). The molecule has 0 radical (unpaired) electrons. The molecule has 2 aromatic rings. The van der Waals surface area contributed by atoms with Crippen molar-refractivity contribution in [3.05, 3.63) is 59.7 Å². The number of likely N-dealkylation sites (tertiary alicyclic amines) is 1. The van der Waals surface area contributed by atoms with Gasteiger partial charge in [0.05, 0.1) is 7.11 Å². The van der Waals surface area contributed by atoms with Crippen LogP contribution in [0.25, 0.3) is 0 Å². The summed E-state index contributed by atoms with van der Waals surface area (Å²) >= 11 is 0. The number of benzene rings is 2. The number of nitrogens with one attached hydrogen (secondary N) is 2. The highest BCUT2D eigenvalue weighted by molar-refractivity contribution is 5.96. The summed E-state index contributed by atoms with van der Waals surface area (Å²) in [5.74, 6) is 1.04. The van der Waals surface area contributed by atoms with Gasteiger partial charge in [0.25, 0.3) is 5.91 Å². The van der Waals surface area contributed by atoms with E-state index in [0.29, 0.717) is 30.3 Å². The van der Waals surface area contributed by atoms with Crippen LogP contribution in [-0.2, 0) is 0 Å². The Bertz CT molecular complexity index is 854. The summed E-state index contributed by atoms with van der Waals surface area (Å²) in [5.41, 5.74) is 2.17. The van der Waals surface area contributed by atoms with Gasteiger partial charge in [0.15, 0.2) is 0 Å². The SMILES string of the molecule is COc1ccc(C2CCN(C(=O)Nc3ccc(C(=O)NC(C)(C)C)cc3)C2)cc1. The Morgan fingerprint density at radius 2 is 1.69 bits per heavy atom. The molecule has 6 nitrogen and oxygen atoms in total. The minimum Gasteiger partial charge on any atom is -0.497 e. The highest BCUT2D eigenvalue weighted by atomic mass is 16.5. The highest BCUT2D eigenvalue weighted by Crippen LogP contribution is 2.28. The summed E-state index contributed by atoms with van der Waals surface area (Å²) in [4.78, 5) is 26.6. The normalized spacial score (nSPS) is 16.4. The summed E-state index contributed by atoms with van der Waals surface area (Å²) in [6.45, 7) is 7.22. The number of nitrogens with zero attached hydrogens (tertiary/aromatic N) is 1. The van der Waals surface area contributed by atoms with Crippen LogP contribution in [0.4, 0.5) is 10.5 Å². The lowest BCUT2D eigenvalue weighted by molar-refractivity contribution is 0.0919. The summed E-state index contributed by atoms with van der Waals surface area (Å²) in [6, 6.07) is 14.9. The predicted octanol–water partition coefficient (Wildman–Crippen LogP) is 4.24. The average Bonchev–Trinajstić information content (AvgIpc) is 3.17. The van der Waals surface area contributed by atoms with Gasteiger partial charge in [-0.2, -0.15) is 0 Å². The van der Waals surface area contributed by atoms with E-state index >= 15 is 0 Å². The van der Waals surface area contributed by atoms with Gasteiger partial charge in [-0.25, -0.2) is 4.79 Å². The number of carbonyl (C=O) groups is 2. The molecule has 1 heterocycles. The van der Waals surface area contributed by atoms with E-state index < -0.39 is 0 Å². The van der Waals surface area contributed by atoms with Crippen molar-refractivity contribution in [1.82, 2.24) is 10.2 Å². The first-order valence-electron chi connectivity index (χ1n) is 9.87. The van der Waals surface area contributed by atoms with E-state index in [-0.39, 0.29) is 17.5 Å². The third-order valence-corrected chi connectivity index (χ3v) is 4.95. The van der Waals surface area contributed by atoms with E-state index in [2.05, 4.69) is 22.8 Å². The Labute approximate surface area is 172 Å². The number of anilines is 1. The van der Waals surface area contributed by atoms with Gasteiger partial charge >= 0.3 is 6.03 Å². The molecule has 2 aromatic carbocycles. The van der Waals surface area contributed by atoms with Crippen LogP contribution in [0.5, 0.6) is 5.75 Å². The fraction of sp³-hybridized carbons (Fsp3) is 0.391. The molecule has 0 bridgehead atoms. The molecule has 0 spiro atoms. The summed E-state index contributed by atoms with van der Waals surface area (Å²) in [7, 11) is 1.65. The fourth-order valence-corrected chi connectivity index (χ4v) is 3.41. The Morgan fingerprint density at radius 1 is 1.03 bits per heavy atom. The van der Waals surface area contributed by atoms with Crippen LogP contribution >= 0.6 is 0 Å². The maximum atomic E-state index is 12.6. The first-order chi connectivity index (χ1) is 13.7. The summed E-state index contributed by atoms with van der Waals surface area (Å²) < 4.78 is 5.20. The van der Waals surface area contributed by atoms with Crippen LogP contribution in [0.15, 0.2) is 48.5 Å². The average molecular weight is 396 g/mol. The zero-order valence-corrected chi connectivity index (χ0v) is 17.5. The van der Waals surface area contributed by atoms with Crippen LogP contribution in [0, 0.1) is 0 Å². The Hall–Kier alpha value is -3.02. The maximum Gasteiger partial charge on any atom is 0.321 e. The molecule has 29 heavy (non-hydrogen) atoms. The van der Waals surface area contributed by atoms with Gasteiger partial charge in [-0.15, -0.1) is 0 Å². The molecule has 1 atom stereocenters. The van der Waals surface area contributed by atoms with Gasteiger partial charge in [0, 0.05) is 35.8 Å². The zero-order chi connectivity index (χ0) is 21.0. The van der Waals surface area contributed by atoms with Gasteiger partial charge in [0.1, 0.15) is 5.75 Å². The van der Waals surface area contributed by atoms with Crippen molar-refractivity contribution in [3.63, 3.8) is 0 Å². The van der Waals surface area contributed by atoms with Gasteiger partial charge in [0.2, 0.25) is 0 Å². The van der Waals surface area contributed by atoms with E-state index in [4.69, 9.17) is 4.74 Å². The molecule has 1 saturated heterocycles. The van der Waals surface area contributed by atoms with E-state index in [0.717, 1.165) is 12.2 Å². The molecule has 6 heteroatoms. The van der Waals surface area contributed by atoms with Gasteiger partial charge < -0.3 is 20.3 Å². The fourth-order valence-electron chi connectivity index (χ4n) is 3.41. The molecule has 1 unspecified atom stereocenters. The summed E-state index contributed by atoms with van der Waals surface area (Å²) in [6.07, 6.45) is 0.936. The van der Waals surface area contributed by atoms with Crippen LogP contribution in [0.1, 0.15) is 49.0 Å². The molecule has 3 amide bonds. The van der Waals surface area contributed by atoms with Crippen molar-refractivity contribution < 1.29 is 14.3 Å². The Balaban J connectivity index is 1.55. The van der Waals surface area contributed by atoms with E-state index in [9.17, 15) is 9.59 Å². The first-order valence-corrected chi connectivity index (χ1v) is 9.87. The topological polar surface area (TPSA) is 70.7 Å². The van der Waals surface area contributed by atoms with E-state index in [1.165, 1.54) is 5.56 Å². The van der Waals surface area contributed by atoms with Gasteiger partial charge in [-0.05, 0) is 69.2 Å². The van der Waals surface area contributed by atoms with Crippen molar-refractivity contribution in [2.75, 3.05) is 25.5 Å². The van der Waals surface area contributed by atoms with Crippen LogP contribution in [-0.4, -0.2) is 42.6 Å². The molecule has 0 aliphatic carbocycles. The van der Waals surface area contributed by atoms with E-state index in [1.807, 2.05) is 37.8 Å². The van der Waals surface area contributed by atoms with Crippen molar-refractivity contribution >= 4 is 17.6 Å². The van der Waals surface area contributed by atoms with Crippen LogP contribution < -0.4 is 15.4 Å². The Kier molecular flexibility index (Phi) is 6.11. The minimum atomic E-state index is -0.292. The van der Waals surface area contributed by atoms with Gasteiger partial charge in [-0.1, -0.05) is 12.1 Å². The lowest BCUT2D eigenvalue weighted by Gasteiger charge is -2.20. The number of rotatable bonds is 4.